The molecule has 0 atom stereocenters. The molecule has 0 unspecified atom stereocenters. The Balaban J connectivity index is 1.85. The van der Waals surface area contributed by atoms with Gasteiger partial charge >= 0.3 is 6.16 Å². The van der Waals surface area contributed by atoms with Gasteiger partial charge in [-0.3, -0.25) is 4.79 Å². The summed E-state index contributed by atoms with van der Waals surface area (Å²) in [7, 11) is 0. The fraction of sp³-hybridized carbons (Fsp3) is 0.350. The maximum absolute atomic E-state index is 13.3. The van der Waals surface area contributed by atoms with Crippen LogP contribution in [-0.2, 0) is 22.6 Å². The first-order chi connectivity index (χ1) is 14.5. The highest BCUT2D eigenvalue weighted by Gasteiger charge is 2.29. The van der Waals surface area contributed by atoms with Gasteiger partial charge in [0.15, 0.2) is 0 Å². The number of aryl methyl sites for hydroxylation is 1. The standard InChI is InChI=1S/C20H20ClN3O5S/c1-3-28-20(26)29-19-15(18(25)23-8-10-27-11-9-24(19)23)16-12(2)30-17(22-16)13-4-6-14(21)7-5-13/h4-7H,3,8-11H2,1-2H3. The molecule has 8 nitrogen and oxygen atoms in total. The second-order valence-electron chi connectivity index (χ2n) is 6.56. The number of carbonyl (C=O) groups excluding carboxylic acids is 1. The Morgan fingerprint density at radius 1 is 1.23 bits per heavy atom. The minimum absolute atomic E-state index is 0.125. The molecule has 3 aromatic rings. The molecule has 10 heteroatoms. The summed E-state index contributed by atoms with van der Waals surface area (Å²) < 4.78 is 19.0. The van der Waals surface area contributed by atoms with Crippen LogP contribution in [0.15, 0.2) is 29.1 Å². The number of nitrogens with zero attached hydrogens (tertiary/aromatic N) is 3. The van der Waals surface area contributed by atoms with Crippen molar-refractivity contribution in [3.8, 4) is 27.7 Å². The number of benzene rings is 1. The van der Waals surface area contributed by atoms with Crippen LogP contribution < -0.4 is 10.3 Å². The normalized spacial score (nSPS) is 13.6. The van der Waals surface area contributed by atoms with Crippen molar-refractivity contribution in [2.75, 3.05) is 19.8 Å². The van der Waals surface area contributed by atoms with Crippen LogP contribution in [0.1, 0.15) is 11.8 Å². The van der Waals surface area contributed by atoms with Crippen molar-refractivity contribution >= 4 is 29.1 Å². The molecule has 0 aliphatic carbocycles. The van der Waals surface area contributed by atoms with Gasteiger partial charge in [-0.25, -0.2) is 19.1 Å². The molecule has 3 heterocycles. The third-order valence-electron chi connectivity index (χ3n) is 4.65. The number of thiazole rings is 1. The average molecular weight is 450 g/mol. The van der Waals surface area contributed by atoms with Crippen LogP contribution >= 0.6 is 22.9 Å². The summed E-state index contributed by atoms with van der Waals surface area (Å²) in [5, 5.41) is 1.38. The fourth-order valence-electron chi connectivity index (χ4n) is 3.29. The van der Waals surface area contributed by atoms with Gasteiger partial charge in [0.25, 0.3) is 5.56 Å². The van der Waals surface area contributed by atoms with E-state index < -0.39 is 6.16 Å². The van der Waals surface area contributed by atoms with Gasteiger partial charge in [0, 0.05) is 15.5 Å². The SMILES string of the molecule is CCOC(=O)Oc1c(-c2nc(-c3ccc(Cl)cc3)sc2C)c(=O)n2n1CCOCC2. The van der Waals surface area contributed by atoms with Crippen molar-refractivity contribution in [2.24, 2.45) is 0 Å². The molecule has 1 aliphatic rings. The maximum Gasteiger partial charge on any atom is 0.515 e. The van der Waals surface area contributed by atoms with E-state index in [1.165, 1.54) is 16.0 Å². The zero-order chi connectivity index (χ0) is 21.3. The van der Waals surface area contributed by atoms with Gasteiger partial charge < -0.3 is 14.2 Å². The van der Waals surface area contributed by atoms with Crippen molar-refractivity contribution < 1.29 is 19.0 Å². The lowest BCUT2D eigenvalue weighted by Gasteiger charge is -2.10. The molecule has 1 aromatic carbocycles. The molecule has 0 fully saturated rings. The first-order valence-electron chi connectivity index (χ1n) is 9.49. The Bertz CT molecular complexity index is 1130. The third-order valence-corrected chi connectivity index (χ3v) is 5.92. The molecule has 2 aromatic heterocycles. The molecule has 4 rings (SSSR count). The van der Waals surface area contributed by atoms with Crippen LogP contribution in [0.4, 0.5) is 4.79 Å². The van der Waals surface area contributed by atoms with E-state index >= 15 is 0 Å². The maximum atomic E-state index is 13.3. The monoisotopic (exact) mass is 449 g/mol. The van der Waals surface area contributed by atoms with E-state index in [9.17, 15) is 9.59 Å². The van der Waals surface area contributed by atoms with E-state index in [1.807, 2.05) is 19.1 Å². The summed E-state index contributed by atoms with van der Waals surface area (Å²) in [5.41, 5.74) is 1.35. The molecule has 1 aliphatic heterocycles. The van der Waals surface area contributed by atoms with Gasteiger partial charge in [0.1, 0.15) is 10.6 Å². The molecular weight excluding hydrogens is 430 g/mol. The average Bonchev–Trinajstić information content (AvgIpc) is 3.08. The number of rotatable bonds is 4. The van der Waals surface area contributed by atoms with E-state index in [0.717, 1.165) is 15.4 Å². The first kappa shape index (κ1) is 20.6. The van der Waals surface area contributed by atoms with Crippen LogP contribution in [0.2, 0.25) is 5.02 Å². The summed E-state index contributed by atoms with van der Waals surface area (Å²) in [6.07, 6.45) is -0.865. The second kappa shape index (κ2) is 8.63. The van der Waals surface area contributed by atoms with Crippen molar-refractivity contribution in [3.05, 3.63) is 44.5 Å². The molecular formula is C20H20ClN3O5S. The number of aromatic nitrogens is 3. The predicted molar refractivity (Wildman–Crippen MR) is 113 cm³/mol. The molecule has 0 spiro atoms. The van der Waals surface area contributed by atoms with E-state index in [0.29, 0.717) is 37.0 Å². The van der Waals surface area contributed by atoms with E-state index in [-0.39, 0.29) is 23.6 Å². The summed E-state index contributed by atoms with van der Waals surface area (Å²) in [5.74, 6) is 0.125. The third kappa shape index (κ3) is 3.88. The minimum atomic E-state index is -0.865. The highest BCUT2D eigenvalue weighted by Crippen LogP contribution is 2.37. The molecule has 158 valence electrons. The van der Waals surface area contributed by atoms with Crippen LogP contribution in [0, 0.1) is 6.92 Å². The smallest absolute Gasteiger partial charge is 0.434 e. The van der Waals surface area contributed by atoms with Gasteiger partial charge in [-0.15, -0.1) is 11.3 Å². The highest BCUT2D eigenvalue weighted by atomic mass is 35.5. The Morgan fingerprint density at radius 2 is 1.93 bits per heavy atom. The molecule has 0 N–H and O–H groups in total. The number of ether oxygens (including phenoxy) is 3. The van der Waals surface area contributed by atoms with Crippen LogP contribution in [0.5, 0.6) is 5.88 Å². The zero-order valence-corrected chi connectivity index (χ0v) is 18.1. The highest BCUT2D eigenvalue weighted by molar-refractivity contribution is 7.15. The number of fused-ring (bicyclic) bond motifs is 1. The molecule has 0 radical (unpaired) electrons. The van der Waals surface area contributed by atoms with Crippen LogP contribution in [0.25, 0.3) is 21.8 Å². The van der Waals surface area contributed by atoms with Crippen molar-refractivity contribution in [1.29, 1.82) is 0 Å². The summed E-state index contributed by atoms with van der Waals surface area (Å²) in [4.78, 5) is 30.9. The largest absolute Gasteiger partial charge is 0.515 e. The van der Waals surface area contributed by atoms with E-state index in [4.69, 9.17) is 30.8 Å². The second-order valence-corrected chi connectivity index (χ2v) is 8.20. The van der Waals surface area contributed by atoms with Gasteiger partial charge in [-0.05, 0) is 26.0 Å². The minimum Gasteiger partial charge on any atom is -0.434 e. The lowest BCUT2D eigenvalue weighted by atomic mass is 10.2. The van der Waals surface area contributed by atoms with Crippen molar-refractivity contribution in [3.63, 3.8) is 0 Å². The lowest BCUT2D eigenvalue weighted by molar-refractivity contribution is 0.0990. The fourth-order valence-corrected chi connectivity index (χ4v) is 4.35. The predicted octanol–water partition coefficient (Wildman–Crippen LogP) is 3.97. The Kier molecular flexibility index (Phi) is 5.94. The van der Waals surface area contributed by atoms with Gasteiger partial charge in [-0.2, -0.15) is 0 Å². The zero-order valence-electron chi connectivity index (χ0n) is 16.5. The number of halogens is 1. The Morgan fingerprint density at radius 3 is 2.63 bits per heavy atom. The van der Waals surface area contributed by atoms with Gasteiger partial charge in [-0.1, -0.05) is 23.7 Å². The summed E-state index contributed by atoms with van der Waals surface area (Å²) in [6.45, 7) is 5.26. The van der Waals surface area contributed by atoms with Crippen LogP contribution in [-0.4, -0.2) is 40.3 Å². The topological polar surface area (TPSA) is 84.6 Å². The molecule has 0 amide bonds. The number of carbonyl (C=O) groups is 1. The Labute approximate surface area is 181 Å². The lowest BCUT2D eigenvalue weighted by Crippen LogP contribution is -2.24. The van der Waals surface area contributed by atoms with E-state index in [1.54, 1.807) is 23.7 Å². The molecule has 0 bridgehead atoms. The van der Waals surface area contributed by atoms with Crippen LogP contribution in [0.3, 0.4) is 0 Å². The molecule has 0 saturated carbocycles. The van der Waals surface area contributed by atoms with Gasteiger partial charge in [0.05, 0.1) is 38.6 Å². The number of hydrogen-bond donors (Lipinski definition) is 0. The molecule has 0 saturated heterocycles. The summed E-state index contributed by atoms with van der Waals surface area (Å²) >= 11 is 7.44. The van der Waals surface area contributed by atoms with E-state index in [2.05, 4.69) is 0 Å². The molecule has 30 heavy (non-hydrogen) atoms. The number of hydrogen-bond acceptors (Lipinski definition) is 7. The first-order valence-corrected chi connectivity index (χ1v) is 10.7. The quantitative estimate of drug-likeness (QED) is 0.560. The Hall–Kier alpha value is -2.62. The van der Waals surface area contributed by atoms with Crippen molar-refractivity contribution in [1.82, 2.24) is 14.3 Å². The summed E-state index contributed by atoms with van der Waals surface area (Å²) in [6, 6.07) is 7.33. The van der Waals surface area contributed by atoms with Crippen molar-refractivity contribution in [2.45, 2.75) is 26.9 Å². The van der Waals surface area contributed by atoms with Gasteiger partial charge in [0.2, 0.25) is 5.88 Å².